The van der Waals surface area contributed by atoms with E-state index in [1.165, 1.54) is 11.1 Å². The molecule has 11 heavy (non-hydrogen) atoms. The number of aliphatic imine (C=N–C) groups is 1. The maximum Gasteiger partial charge on any atom is 0.0295 e. The minimum Gasteiger partial charge on any atom is -0.269 e. The zero-order valence-electron chi connectivity index (χ0n) is 7.89. The fraction of sp³-hybridized carbons (Fsp3) is 0.500. The van der Waals surface area contributed by atoms with Gasteiger partial charge in [0.15, 0.2) is 0 Å². The van der Waals surface area contributed by atoms with E-state index in [1.54, 1.807) is 6.21 Å². The van der Waals surface area contributed by atoms with Gasteiger partial charge in [0.05, 0.1) is 0 Å². The van der Waals surface area contributed by atoms with E-state index < -0.39 is 0 Å². The lowest BCUT2D eigenvalue weighted by atomic mass is 10.1. The first kappa shape index (κ1) is 10.2. The largest absolute Gasteiger partial charge is 0.269 e. The Bertz CT molecular complexity index is 185. The summed E-state index contributed by atoms with van der Waals surface area (Å²) in [5.74, 6) is 0. The van der Waals surface area contributed by atoms with Gasteiger partial charge in [-0.15, -0.1) is 0 Å². The van der Waals surface area contributed by atoms with Gasteiger partial charge in [0.2, 0.25) is 0 Å². The molecule has 0 N–H and O–H groups in total. The van der Waals surface area contributed by atoms with Crippen molar-refractivity contribution in [3.8, 4) is 0 Å². The molecule has 0 aliphatic heterocycles. The lowest BCUT2D eigenvalue weighted by Crippen LogP contribution is -1.77. The molecule has 0 amide bonds. The first-order valence-electron chi connectivity index (χ1n) is 4.04. The van der Waals surface area contributed by atoms with Crippen LogP contribution in [-0.4, -0.2) is 6.21 Å². The van der Waals surface area contributed by atoms with Crippen molar-refractivity contribution in [3.05, 3.63) is 23.4 Å². The summed E-state index contributed by atoms with van der Waals surface area (Å²) in [7, 11) is 0. The highest BCUT2D eigenvalue weighted by molar-refractivity contribution is 5.54. The van der Waals surface area contributed by atoms with Gasteiger partial charge in [0.25, 0.3) is 0 Å². The van der Waals surface area contributed by atoms with Gasteiger partial charge < -0.3 is 0 Å². The molecule has 0 unspecified atom stereocenters. The van der Waals surface area contributed by atoms with Crippen molar-refractivity contribution in [3.63, 3.8) is 0 Å². The number of hydrogen-bond donors (Lipinski definition) is 0. The molecular formula is C10H17N. The van der Waals surface area contributed by atoms with Gasteiger partial charge in [-0.05, 0) is 32.8 Å². The average molecular weight is 151 g/mol. The van der Waals surface area contributed by atoms with Crippen LogP contribution in [0.25, 0.3) is 0 Å². The molecule has 0 aromatic heterocycles. The number of rotatable bonds is 3. The summed E-state index contributed by atoms with van der Waals surface area (Å²) in [6, 6.07) is 0. The summed E-state index contributed by atoms with van der Waals surface area (Å²) in [6.07, 6.45) is 6.98. The van der Waals surface area contributed by atoms with Crippen molar-refractivity contribution in [1.29, 1.82) is 0 Å². The molecule has 0 aromatic rings. The van der Waals surface area contributed by atoms with Crippen LogP contribution in [0.5, 0.6) is 0 Å². The number of hydrogen-bond acceptors (Lipinski definition) is 1. The highest BCUT2D eigenvalue weighted by Gasteiger charge is 1.88. The van der Waals surface area contributed by atoms with Crippen LogP contribution >= 0.6 is 0 Å². The Morgan fingerprint density at radius 3 is 2.36 bits per heavy atom. The second kappa shape index (κ2) is 5.90. The summed E-state index contributed by atoms with van der Waals surface area (Å²) >= 11 is 0. The van der Waals surface area contributed by atoms with Gasteiger partial charge in [-0.3, -0.25) is 4.99 Å². The van der Waals surface area contributed by atoms with Crippen LogP contribution in [0.3, 0.4) is 0 Å². The molecule has 0 fully saturated rings. The summed E-state index contributed by atoms with van der Waals surface area (Å²) in [5.41, 5.74) is 2.56. The monoisotopic (exact) mass is 151 g/mol. The number of allylic oxidation sites excluding steroid dienone is 3. The van der Waals surface area contributed by atoms with E-state index in [2.05, 4.69) is 31.8 Å². The minimum absolute atomic E-state index is 1.09. The minimum atomic E-state index is 1.09. The third-order valence-electron chi connectivity index (χ3n) is 1.55. The maximum atomic E-state index is 4.05. The molecule has 0 saturated heterocycles. The molecule has 0 heterocycles. The van der Waals surface area contributed by atoms with E-state index in [4.69, 9.17) is 0 Å². The molecule has 0 saturated carbocycles. The van der Waals surface area contributed by atoms with E-state index in [9.17, 15) is 0 Å². The highest BCUT2D eigenvalue weighted by atomic mass is 14.7. The van der Waals surface area contributed by atoms with Crippen LogP contribution < -0.4 is 0 Å². The molecule has 1 heteroatoms. The summed E-state index contributed by atoms with van der Waals surface area (Å²) in [4.78, 5) is 4.05. The van der Waals surface area contributed by atoms with Gasteiger partial charge in [0, 0.05) is 12.4 Å². The van der Waals surface area contributed by atoms with Crippen molar-refractivity contribution >= 4 is 6.21 Å². The molecular weight excluding hydrogens is 134 g/mol. The average Bonchev–Trinajstić information content (AvgIpc) is 2.00. The second-order valence-corrected chi connectivity index (χ2v) is 2.51. The van der Waals surface area contributed by atoms with Crippen LogP contribution in [0.2, 0.25) is 0 Å². The van der Waals surface area contributed by atoms with Crippen LogP contribution in [0.1, 0.15) is 34.1 Å². The van der Waals surface area contributed by atoms with Gasteiger partial charge in [-0.1, -0.05) is 18.6 Å². The summed E-state index contributed by atoms with van der Waals surface area (Å²) in [5, 5.41) is 0. The third kappa shape index (κ3) is 4.54. The van der Waals surface area contributed by atoms with Gasteiger partial charge >= 0.3 is 0 Å². The van der Waals surface area contributed by atoms with Crippen LogP contribution in [-0.2, 0) is 0 Å². The molecule has 0 aromatic carbocycles. The Morgan fingerprint density at radius 2 is 1.91 bits per heavy atom. The first-order chi connectivity index (χ1) is 5.22. The maximum absolute atomic E-state index is 4.05. The lowest BCUT2D eigenvalue weighted by molar-refractivity contribution is 1.17. The van der Waals surface area contributed by atoms with E-state index in [0.29, 0.717) is 0 Å². The van der Waals surface area contributed by atoms with E-state index >= 15 is 0 Å². The fourth-order valence-electron chi connectivity index (χ4n) is 0.755. The molecule has 0 radical (unpaired) electrons. The Labute approximate surface area is 69.5 Å². The highest BCUT2D eigenvalue weighted by Crippen LogP contribution is 2.08. The quantitative estimate of drug-likeness (QED) is 0.433. The molecule has 1 nitrogen and oxygen atoms in total. The van der Waals surface area contributed by atoms with Crippen LogP contribution in [0, 0.1) is 0 Å². The predicted molar refractivity (Wildman–Crippen MR) is 52.0 cm³/mol. The third-order valence-corrected chi connectivity index (χ3v) is 1.55. The zero-order valence-corrected chi connectivity index (χ0v) is 7.89. The summed E-state index contributed by atoms with van der Waals surface area (Å²) in [6.45, 7) is 8.25. The van der Waals surface area contributed by atoms with Crippen molar-refractivity contribution in [2.24, 2.45) is 4.99 Å². The smallest absolute Gasteiger partial charge is 0.0295 e. The first-order valence-corrected chi connectivity index (χ1v) is 4.04. The molecule has 0 aliphatic carbocycles. The molecule has 62 valence electrons. The summed E-state index contributed by atoms with van der Waals surface area (Å²) < 4.78 is 0. The molecule has 0 atom stereocenters. The fourth-order valence-corrected chi connectivity index (χ4v) is 0.755. The van der Waals surface area contributed by atoms with E-state index in [1.807, 2.05) is 13.1 Å². The van der Waals surface area contributed by atoms with Gasteiger partial charge in [-0.25, -0.2) is 0 Å². The van der Waals surface area contributed by atoms with Crippen LogP contribution in [0.15, 0.2) is 28.4 Å². The molecule has 0 spiro atoms. The topological polar surface area (TPSA) is 12.4 Å². The standard InChI is InChI=1S/C10H17N/c1-5-7-9(3)10(4)8-11-6-2/h6-8H,5H2,1-4H3/b9-7+,10-8+,11-6?. The van der Waals surface area contributed by atoms with Crippen molar-refractivity contribution in [2.75, 3.05) is 0 Å². The molecule has 0 aliphatic rings. The second-order valence-electron chi connectivity index (χ2n) is 2.51. The van der Waals surface area contributed by atoms with Gasteiger partial charge in [-0.2, -0.15) is 0 Å². The Balaban J connectivity index is 4.22. The number of nitrogens with zero attached hydrogens (tertiary/aromatic N) is 1. The molecule has 0 bridgehead atoms. The van der Waals surface area contributed by atoms with Crippen molar-refractivity contribution in [1.82, 2.24) is 0 Å². The molecule has 0 rings (SSSR count). The normalized spacial score (nSPS) is 14.5. The lowest BCUT2D eigenvalue weighted by Gasteiger charge is -1.97. The zero-order chi connectivity index (χ0) is 8.69. The SMILES string of the molecule is CC=N/C=C(C)/C(C)=C/CC. The Morgan fingerprint density at radius 1 is 1.27 bits per heavy atom. The van der Waals surface area contributed by atoms with Crippen LogP contribution in [0.4, 0.5) is 0 Å². The van der Waals surface area contributed by atoms with E-state index in [0.717, 1.165) is 6.42 Å². The van der Waals surface area contributed by atoms with Crippen molar-refractivity contribution in [2.45, 2.75) is 34.1 Å². The predicted octanol–water partition coefficient (Wildman–Crippen LogP) is 3.34. The Hall–Kier alpha value is -0.850. The van der Waals surface area contributed by atoms with Crippen molar-refractivity contribution < 1.29 is 0 Å². The van der Waals surface area contributed by atoms with E-state index in [-0.39, 0.29) is 0 Å². The van der Waals surface area contributed by atoms with Gasteiger partial charge in [0.1, 0.15) is 0 Å². The Kier molecular flexibility index (Phi) is 5.44.